The van der Waals surface area contributed by atoms with Crippen LogP contribution in [0.4, 0.5) is 0 Å². The Balaban J connectivity index is 2.05. The van der Waals surface area contributed by atoms with Gasteiger partial charge in [0.15, 0.2) is 5.76 Å². The number of carboxylic acid groups (broad SMARTS) is 1. The van der Waals surface area contributed by atoms with Crippen LogP contribution in [0.2, 0.25) is 0 Å². The summed E-state index contributed by atoms with van der Waals surface area (Å²) in [5.41, 5.74) is 2.79. The normalized spacial score (nSPS) is 24.1. The average Bonchev–Trinajstić information content (AvgIpc) is 2.83. The number of rotatable bonds is 3. The van der Waals surface area contributed by atoms with Crippen molar-refractivity contribution in [3.05, 3.63) is 23.7 Å². The predicted molar refractivity (Wildman–Crippen MR) is 67.7 cm³/mol. The summed E-state index contributed by atoms with van der Waals surface area (Å²) in [6, 6.07) is 3.18. The first-order chi connectivity index (χ1) is 8.99. The van der Waals surface area contributed by atoms with E-state index in [1.807, 2.05) is 5.01 Å². The monoisotopic (exact) mass is 266 g/mol. The van der Waals surface area contributed by atoms with Crippen LogP contribution in [-0.2, 0) is 0 Å². The Kier molecular flexibility index (Phi) is 3.90. The third-order valence-electron chi connectivity index (χ3n) is 3.46. The lowest BCUT2D eigenvalue weighted by molar-refractivity contribution is 0.0349. The molecule has 6 nitrogen and oxygen atoms in total. The van der Waals surface area contributed by atoms with E-state index in [-0.39, 0.29) is 23.6 Å². The number of carboxylic acids is 1. The van der Waals surface area contributed by atoms with Crippen molar-refractivity contribution >= 4 is 11.9 Å². The molecule has 2 rings (SSSR count). The van der Waals surface area contributed by atoms with Gasteiger partial charge in [0.25, 0.3) is 0 Å². The first-order valence-corrected chi connectivity index (χ1v) is 6.41. The third kappa shape index (κ3) is 2.96. The third-order valence-corrected chi connectivity index (χ3v) is 3.46. The zero-order valence-electron chi connectivity index (χ0n) is 11.0. The van der Waals surface area contributed by atoms with E-state index in [2.05, 4.69) is 19.3 Å². The Labute approximate surface area is 111 Å². The first kappa shape index (κ1) is 13.6. The van der Waals surface area contributed by atoms with Crippen LogP contribution in [0.1, 0.15) is 54.2 Å². The second-order valence-electron chi connectivity index (χ2n) is 4.95. The molecule has 0 saturated carbocycles. The van der Waals surface area contributed by atoms with Crippen molar-refractivity contribution in [1.29, 1.82) is 0 Å². The summed E-state index contributed by atoms with van der Waals surface area (Å²) in [7, 11) is 0. The van der Waals surface area contributed by atoms with Gasteiger partial charge in [-0.05, 0) is 38.8 Å². The molecule has 6 heteroatoms. The van der Waals surface area contributed by atoms with Gasteiger partial charge in [-0.1, -0.05) is 6.42 Å². The topological polar surface area (TPSA) is 82.8 Å². The summed E-state index contributed by atoms with van der Waals surface area (Å²) < 4.78 is 4.98. The van der Waals surface area contributed by atoms with Crippen LogP contribution in [-0.4, -0.2) is 34.1 Å². The number of amides is 1. The van der Waals surface area contributed by atoms with E-state index >= 15 is 0 Å². The maximum absolute atomic E-state index is 12.0. The molecule has 0 spiro atoms. The second kappa shape index (κ2) is 5.44. The molecule has 104 valence electrons. The molecule has 1 aliphatic rings. The van der Waals surface area contributed by atoms with Crippen LogP contribution in [0.25, 0.3) is 0 Å². The fourth-order valence-electron chi connectivity index (χ4n) is 2.39. The summed E-state index contributed by atoms with van der Waals surface area (Å²) in [5, 5.41) is 10.7. The highest BCUT2D eigenvalue weighted by atomic mass is 16.4. The van der Waals surface area contributed by atoms with Gasteiger partial charge in [0.2, 0.25) is 5.76 Å². The Morgan fingerprint density at radius 1 is 1.26 bits per heavy atom. The van der Waals surface area contributed by atoms with Gasteiger partial charge in [-0.25, -0.2) is 9.80 Å². The molecular weight excluding hydrogens is 248 g/mol. The van der Waals surface area contributed by atoms with Crippen LogP contribution in [0.15, 0.2) is 16.5 Å². The van der Waals surface area contributed by atoms with E-state index in [1.165, 1.54) is 12.1 Å². The molecule has 1 saturated heterocycles. The molecule has 1 aromatic rings. The molecule has 0 bridgehead atoms. The van der Waals surface area contributed by atoms with Gasteiger partial charge in [-0.2, -0.15) is 0 Å². The molecule has 0 aliphatic carbocycles. The highest BCUT2D eigenvalue weighted by Gasteiger charge is 2.27. The van der Waals surface area contributed by atoms with Gasteiger partial charge in [-0.3, -0.25) is 10.2 Å². The van der Waals surface area contributed by atoms with Crippen LogP contribution < -0.4 is 5.43 Å². The highest BCUT2D eigenvalue weighted by molar-refractivity contribution is 5.93. The molecule has 1 aromatic heterocycles. The summed E-state index contributed by atoms with van der Waals surface area (Å²) in [6.45, 7) is 4.11. The van der Waals surface area contributed by atoms with Crippen molar-refractivity contribution in [3.8, 4) is 0 Å². The van der Waals surface area contributed by atoms with E-state index in [0.29, 0.717) is 0 Å². The second-order valence-corrected chi connectivity index (χ2v) is 4.95. The summed E-state index contributed by atoms with van der Waals surface area (Å²) in [5.74, 6) is -1.81. The summed E-state index contributed by atoms with van der Waals surface area (Å²) in [6.07, 6.45) is 3.21. The van der Waals surface area contributed by atoms with Crippen molar-refractivity contribution in [2.75, 3.05) is 0 Å². The lowest BCUT2D eigenvalue weighted by atomic mass is 10.00. The van der Waals surface area contributed by atoms with E-state index in [1.54, 1.807) is 0 Å². The number of furan rings is 1. The van der Waals surface area contributed by atoms with Gasteiger partial charge in [-0.15, -0.1) is 0 Å². The number of nitrogens with zero attached hydrogens (tertiary/aromatic N) is 1. The van der Waals surface area contributed by atoms with Crippen molar-refractivity contribution in [2.45, 2.75) is 45.2 Å². The molecule has 1 fully saturated rings. The lowest BCUT2D eigenvalue weighted by Crippen LogP contribution is -2.54. The predicted octanol–water partition coefficient (Wildman–Crippen LogP) is 1.89. The van der Waals surface area contributed by atoms with Crippen LogP contribution in [0, 0.1) is 0 Å². The lowest BCUT2D eigenvalue weighted by Gasteiger charge is -2.38. The molecular formula is C13H18N2O4. The molecule has 1 aliphatic heterocycles. The maximum atomic E-state index is 12.0. The van der Waals surface area contributed by atoms with Gasteiger partial charge in [0.1, 0.15) is 0 Å². The van der Waals surface area contributed by atoms with Gasteiger partial charge in [0.05, 0.1) is 0 Å². The molecule has 0 radical (unpaired) electrons. The Morgan fingerprint density at radius 3 is 2.37 bits per heavy atom. The Morgan fingerprint density at radius 2 is 1.84 bits per heavy atom. The van der Waals surface area contributed by atoms with E-state index in [0.717, 1.165) is 19.3 Å². The molecule has 2 atom stereocenters. The molecule has 0 aromatic carbocycles. The van der Waals surface area contributed by atoms with Crippen molar-refractivity contribution in [3.63, 3.8) is 0 Å². The van der Waals surface area contributed by atoms with Crippen LogP contribution >= 0.6 is 0 Å². The minimum atomic E-state index is -1.18. The number of hydrazine groups is 1. The Hall–Kier alpha value is -1.82. The van der Waals surface area contributed by atoms with Crippen molar-refractivity contribution in [2.24, 2.45) is 0 Å². The summed E-state index contributed by atoms with van der Waals surface area (Å²) in [4.78, 5) is 22.7. The maximum Gasteiger partial charge on any atom is 0.371 e. The SMILES string of the molecule is CC1CCCC(C)N1NC(=O)c1ccc(C(=O)O)o1. The number of aromatic carboxylic acids is 1. The smallest absolute Gasteiger partial charge is 0.371 e. The number of piperidine rings is 1. The first-order valence-electron chi connectivity index (χ1n) is 6.41. The zero-order valence-corrected chi connectivity index (χ0v) is 11.0. The Bertz CT molecular complexity index is 473. The zero-order chi connectivity index (χ0) is 14.0. The van der Waals surface area contributed by atoms with Crippen molar-refractivity contribution in [1.82, 2.24) is 10.4 Å². The standard InChI is InChI=1S/C13H18N2O4/c1-8-4-3-5-9(2)15(8)14-12(16)10-6-7-11(19-10)13(17)18/h6-9H,3-5H2,1-2H3,(H,14,16)(H,17,18). The fourth-order valence-corrected chi connectivity index (χ4v) is 2.39. The van der Waals surface area contributed by atoms with Gasteiger partial charge in [0, 0.05) is 12.1 Å². The largest absolute Gasteiger partial charge is 0.475 e. The average molecular weight is 266 g/mol. The molecule has 2 heterocycles. The van der Waals surface area contributed by atoms with Crippen LogP contribution in [0.5, 0.6) is 0 Å². The summed E-state index contributed by atoms with van der Waals surface area (Å²) >= 11 is 0. The van der Waals surface area contributed by atoms with E-state index in [4.69, 9.17) is 9.52 Å². The van der Waals surface area contributed by atoms with Crippen molar-refractivity contribution < 1.29 is 19.1 Å². The molecule has 2 unspecified atom stereocenters. The molecule has 19 heavy (non-hydrogen) atoms. The van der Waals surface area contributed by atoms with Gasteiger partial charge < -0.3 is 9.52 Å². The number of hydrogen-bond acceptors (Lipinski definition) is 4. The van der Waals surface area contributed by atoms with E-state index in [9.17, 15) is 9.59 Å². The number of carbonyl (C=O) groups is 2. The minimum Gasteiger partial charge on any atom is -0.475 e. The van der Waals surface area contributed by atoms with Gasteiger partial charge >= 0.3 is 11.9 Å². The molecule has 1 amide bonds. The number of hydrogen-bond donors (Lipinski definition) is 2. The number of carbonyl (C=O) groups excluding carboxylic acids is 1. The quantitative estimate of drug-likeness (QED) is 0.872. The molecule has 2 N–H and O–H groups in total. The van der Waals surface area contributed by atoms with E-state index < -0.39 is 11.9 Å². The number of nitrogens with one attached hydrogen (secondary N) is 1. The minimum absolute atomic E-state index is 0.0161. The van der Waals surface area contributed by atoms with Crippen LogP contribution in [0.3, 0.4) is 0 Å². The highest BCUT2D eigenvalue weighted by Crippen LogP contribution is 2.20. The fraction of sp³-hybridized carbons (Fsp3) is 0.538.